The number of hydrogen-bond donors (Lipinski definition) is 1. The van der Waals surface area contributed by atoms with Crippen molar-refractivity contribution in [2.75, 3.05) is 85.0 Å². The van der Waals surface area contributed by atoms with Crippen molar-refractivity contribution in [2.45, 2.75) is 74.1 Å². The van der Waals surface area contributed by atoms with Crippen molar-refractivity contribution in [3.05, 3.63) is 18.2 Å². The van der Waals surface area contributed by atoms with Crippen LogP contribution < -0.4 is 72.5 Å². The number of anilines is 1. The van der Waals surface area contributed by atoms with Gasteiger partial charge in [-0.15, -0.1) is 0 Å². The molecular formula is C56H29F36N9O12V. The third-order valence-electron chi connectivity index (χ3n) is 13.1. The van der Waals surface area contributed by atoms with E-state index in [1.54, 1.807) is 0 Å². The Hall–Kier alpha value is -10.3. The Balaban J connectivity index is 0.0000163. The van der Waals surface area contributed by atoms with Gasteiger partial charge in [-0.25, -0.2) is 9.97 Å². The maximum Gasteiger partial charge on any atom is 2.00 e. The zero-order valence-corrected chi connectivity index (χ0v) is 55.2. The van der Waals surface area contributed by atoms with Gasteiger partial charge in [-0.3, -0.25) is 0 Å². The van der Waals surface area contributed by atoms with E-state index in [-0.39, 0.29) is 18.6 Å². The average molecular weight is 1750 g/mol. The molecule has 4 aromatic carbocycles. The Kier molecular flexibility index (Phi) is 24.6. The number of nitrogen functional groups attached to an aromatic ring is 1. The SMILES string of the molecule is Nc1ccc2c3nc4nc(nc5[n-]c(nc6nc(nc([n-]3)c2c1)-c1c(OCC(F)(F)F)c(OCC(F)(F)F)c(OCC(F)(F)F)c(OCC(F)(F)F)c1-6)c1c(OCC(F)(F)F)c(OCC(F)(F)F)c(OCC(F)(F)F)c(OCC(F)(F)F)c51)-c1c(OCC(F)(F)F)c(OCC(F)(F)F)c(OCC(F)(F)F)c(OCC(F)(F)F)c1-4.[V+2]. The van der Waals surface area contributed by atoms with Crippen molar-refractivity contribution < 1.29 is 233 Å². The van der Waals surface area contributed by atoms with Crippen molar-refractivity contribution in [3.8, 4) is 115 Å². The fourth-order valence-electron chi connectivity index (χ4n) is 9.58. The van der Waals surface area contributed by atoms with Crippen molar-refractivity contribution in [1.82, 2.24) is 39.9 Å². The van der Waals surface area contributed by atoms with Crippen LogP contribution in [-0.4, -0.2) is 183 Å². The molecule has 0 spiro atoms. The van der Waals surface area contributed by atoms with Crippen LogP contribution in [0.4, 0.5) is 164 Å². The molecule has 2 N–H and O–H groups in total. The Morgan fingerprint density at radius 1 is 0.228 bits per heavy atom. The van der Waals surface area contributed by atoms with Crippen LogP contribution in [0.15, 0.2) is 18.2 Å². The van der Waals surface area contributed by atoms with E-state index < -0.39 is 318 Å². The van der Waals surface area contributed by atoms with Crippen molar-refractivity contribution >= 4 is 49.8 Å². The molecule has 0 aliphatic carbocycles. The van der Waals surface area contributed by atoms with E-state index in [0.717, 1.165) is 6.07 Å². The fourth-order valence-corrected chi connectivity index (χ4v) is 9.58. The number of nitrogens with two attached hydrogens (primary N) is 1. The minimum absolute atomic E-state index is 0. The second-order valence-electron chi connectivity index (χ2n) is 22.3. The summed E-state index contributed by atoms with van der Waals surface area (Å²) in [7, 11) is 0. The molecule has 114 heavy (non-hydrogen) atoms. The van der Waals surface area contributed by atoms with Gasteiger partial charge in [0.05, 0.1) is 45.6 Å². The third-order valence-corrected chi connectivity index (χ3v) is 13.1. The summed E-state index contributed by atoms with van der Waals surface area (Å²) in [5, 5.41) is -6.21. The van der Waals surface area contributed by atoms with Crippen molar-refractivity contribution in [1.29, 1.82) is 0 Å². The molecule has 1 radical (unpaired) electrons. The minimum atomic E-state index is -6.09. The predicted octanol–water partition coefficient (Wildman–Crippen LogP) is 17.0. The van der Waals surface area contributed by atoms with Gasteiger partial charge in [0.15, 0.2) is 114 Å². The molecule has 9 rings (SSSR count). The van der Waals surface area contributed by atoms with Crippen LogP contribution in [-0.2, 0) is 18.6 Å². The fraction of sp³-hybridized carbons (Fsp3) is 0.429. The standard InChI is InChI=1S/C56H29F36N9O12.V/c57-45(58,59)4-102-25-19-21(27(104-6-47(63,64)65)33(110-12-53(81,82)83)31(25)108-10-51(75,76)77)41-97-39(19)95-37-17-2-1-16(93)3-18(17)38(94-37)96-40-20-22(28(105-7-48(66,67)68)34(111-13-54(84,85)86)32(109-11-52(78,79)80)26(20)103-5-46(60,61)62)42(98-40)100-44-24-23(43(99-41)101-44)29(106-8-49(69,70)71)35(112-14-55(87,88)89)36(113-15-56(90,91)92)30(24)107-9-50(72,73)74;/h1-3H,4-15,93H2;/q-2;+2. The first kappa shape index (κ1) is 89.3. The first-order valence-corrected chi connectivity index (χ1v) is 29.1. The van der Waals surface area contributed by atoms with E-state index in [4.69, 9.17) is 24.7 Å². The molecule has 2 aliphatic rings. The molecule has 0 saturated heterocycles. The molecule has 5 heterocycles. The van der Waals surface area contributed by atoms with Gasteiger partial charge >= 0.3 is 92.7 Å². The van der Waals surface area contributed by atoms with Crippen molar-refractivity contribution in [2.24, 2.45) is 0 Å². The minimum Gasteiger partial charge on any atom is -0.479 e. The smallest absolute Gasteiger partial charge is 0.479 e. The zero-order chi connectivity index (χ0) is 84.5. The molecule has 58 heteroatoms. The van der Waals surface area contributed by atoms with Gasteiger partial charge in [0.2, 0.25) is 34.5 Å². The molecule has 0 unspecified atom stereocenters. The number of benzene rings is 4. The van der Waals surface area contributed by atoms with E-state index in [0.29, 0.717) is 12.1 Å². The summed E-state index contributed by atoms with van der Waals surface area (Å²) < 4.78 is 575. The number of alkyl halides is 36. The van der Waals surface area contributed by atoms with Gasteiger partial charge in [0.25, 0.3) is 0 Å². The Morgan fingerprint density at radius 3 is 0.623 bits per heavy atom. The van der Waals surface area contributed by atoms with Gasteiger partial charge in [0, 0.05) is 39.0 Å². The monoisotopic (exact) mass is 1750 g/mol. The van der Waals surface area contributed by atoms with E-state index in [9.17, 15) is 158 Å². The van der Waals surface area contributed by atoms with Crippen LogP contribution in [0.25, 0.3) is 89.7 Å². The molecule has 0 amide bonds. The molecule has 8 bridgehead atoms. The number of fused-ring (bicyclic) bond motifs is 20. The second kappa shape index (κ2) is 31.5. The molecular weight excluding hydrogens is 1730 g/mol. The quantitative estimate of drug-likeness (QED) is 0.0436. The summed E-state index contributed by atoms with van der Waals surface area (Å²) in [4.78, 5) is 30.0. The number of hydrogen-bond acceptors (Lipinski definition) is 19. The maximum atomic E-state index is 14.6. The van der Waals surface area contributed by atoms with E-state index in [2.05, 4.69) is 77.8 Å². The van der Waals surface area contributed by atoms with Gasteiger partial charge in [-0.05, 0) is 22.9 Å². The van der Waals surface area contributed by atoms with Crippen LogP contribution in [0.3, 0.4) is 0 Å². The van der Waals surface area contributed by atoms with Gasteiger partial charge in [0.1, 0.15) is 0 Å². The van der Waals surface area contributed by atoms with Gasteiger partial charge in [-0.2, -0.15) is 158 Å². The summed E-state index contributed by atoms with van der Waals surface area (Å²) in [6, 6.07) is 2.08. The maximum absolute atomic E-state index is 14.6. The molecule has 0 fully saturated rings. The Labute approximate surface area is 614 Å². The summed E-state index contributed by atoms with van der Waals surface area (Å²) in [6.45, 7) is -37.1. The molecule has 0 atom stereocenters. The summed E-state index contributed by atoms with van der Waals surface area (Å²) in [6.07, 6.45) is -71.9. The number of ether oxygens (including phenoxy) is 12. The number of nitrogens with zero attached hydrogens (tertiary/aromatic N) is 8. The molecule has 0 saturated carbocycles. The zero-order valence-electron chi connectivity index (χ0n) is 53.8. The topological polar surface area (TPSA) is 242 Å². The molecule has 2 aliphatic heterocycles. The first-order chi connectivity index (χ1) is 51.4. The molecule has 21 nitrogen and oxygen atoms in total. The van der Waals surface area contributed by atoms with Gasteiger partial charge < -0.3 is 92.5 Å². The summed E-state index contributed by atoms with van der Waals surface area (Å²) >= 11 is 0. The third kappa shape index (κ3) is 23.2. The predicted molar refractivity (Wildman–Crippen MR) is 297 cm³/mol. The number of halogens is 36. The Morgan fingerprint density at radius 2 is 0.404 bits per heavy atom. The first-order valence-electron chi connectivity index (χ1n) is 29.1. The molecule has 7 aromatic rings. The largest absolute Gasteiger partial charge is 2.00 e. The second-order valence-corrected chi connectivity index (χ2v) is 22.3. The van der Waals surface area contributed by atoms with E-state index in [1.165, 1.54) is 0 Å². The van der Waals surface area contributed by atoms with Gasteiger partial charge in [-0.1, -0.05) is 6.07 Å². The normalized spacial score (nSPS) is 13.5. The van der Waals surface area contributed by atoms with Crippen LogP contribution >= 0.6 is 0 Å². The average Bonchev–Trinajstić information content (AvgIpc) is 1.55. The Bertz CT molecular complexity index is 4890. The van der Waals surface area contributed by atoms with Crippen molar-refractivity contribution in [3.63, 3.8) is 0 Å². The van der Waals surface area contributed by atoms with E-state index in [1.807, 2.05) is 0 Å². The number of aromatic nitrogens is 8. The summed E-state index contributed by atoms with van der Waals surface area (Å²) in [5.74, 6) is -37.2. The number of rotatable bonds is 24. The van der Waals surface area contributed by atoms with Crippen LogP contribution in [0.1, 0.15) is 0 Å². The van der Waals surface area contributed by atoms with Crippen LogP contribution in [0.5, 0.6) is 69.0 Å². The van der Waals surface area contributed by atoms with E-state index >= 15 is 0 Å². The summed E-state index contributed by atoms with van der Waals surface area (Å²) in [5.41, 5.74) is -9.90. The molecule has 627 valence electrons. The molecule has 3 aromatic heterocycles. The van der Waals surface area contributed by atoms with Crippen LogP contribution in [0.2, 0.25) is 0 Å². The van der Waals surface area contributed by atoms with Crippen LogP contribution in [0, 0.1) is 0 Å².